The van der Waals surface area contributed by atoms with Gasteiger partial charge in [0.15, 0.2) is 5.82 Å². The van der Waals surface area contributed by atoms with Gasteiger partial charge in [-0.1, -0.05) is 11.6 Å². The maximum atomic E-state index is 10.6. The van der Waals surface area contributed by atoms with Crippen molar-refractivity contribution in [3.63, 3.8) is 0 Å². The SMILES string of the molecule is Cc1cc2[nH]ncc2c(-c2c(N3CCN(C4CCOCC4)CC34CCC4)nn(C3CC4(CNC4)C3)c2C)c1Cl.O=C(O)C(F)(F)F. The third-order valence-corrected chi connectivity index (χ3v) is 11.6. The van der Waals surface area contributed by atoms with Crippen molar-refractivity contribution in [1.29, 1.82) is 0 Å². The smallest absolute Gasteiger partial charge is 0.475 e. The van der Waals surface area contributed by atoms with Crippen LogP contribution in [0.1, 0.15) is 62.2 Å². The number of hydrogen-bond acceptors (Lipinski definition) is 7. The van der Waals surface area contributed by atoms with Gasteiger partial charge < -0.3 is 20.1 Å². The van der Waals surface area contributed by atoms with E-state index in [-0.39, 0.29) is 5.54 Å². The summed E-state index contributed by atoms with van der Waals surface area (Å²) in [5.41, 5.74) is 6.32. The van der Waals surface area contributed by atoms with Crippen LogP contribution in [0.4, 0.5) is 19.0 Å². The lowest BCUT2D eigenvalue weighted by Gasteiger charge is -2.58. The third-order valence-electron chi connectivity index (χ3n) is 11.1. The topological polar surface area (TPSA) is 112 Å². The van der Waals surface area contributed by atoms with Gasteiger partial charge in [-0.25, -0.2) is 4.79 Å². The van der Waals surface area contributed by atoms with Crippen molar-refractivity contribution in [3.05, 3.63) is 28.5 Å². The van der Waals surface area contributed by atoms with Gasteiger partial charge in [0.05, 0.1) is 28.3 Å². The number of H-pyrrole nitrogens is 1. The van der Waals surface area contributed by atoms with E-state index in [1.54, 1.807) is 0 Å². The van der Waals surface area contributed by atoms with Gasteiger partial charge in [0, 0.05) is 74.2 Å². The summed E-state index contributed by atoms with van der Waals surface area (Å²) >= 11 is 7.18. The maximum Gasteiger partial charge on any atom is 0.490 e. The summed E-state index contributed by atoms with van der Waals surface area (Å²) in [6, 6.07) is 3.23. The normalized spacial score (nSPS) is 23.1. The molecule has 3 N–H and O–H groups in total. The maximum absolute atomic E-state index is 10.6. The molecule has 2 aliphatic carbocycles. The number of aromatic amines is 1. The highest BCUT2D eigenvalue weighted by Gasteiger charge is 2.52. The highest BCUT2D eigenvalue weighted by Crippen LogP contribution is 2.54. The zero-order valence-electron chi connectivity index (χ0n) is 26.2. The van der Waals surface area contributed by atoms with Crippen molar-refractivity contribution in [1.82, 2.24) is 30.2 Å². The highest BCUT2D eigenvalue weighted by atomic mass is 35.5. The van der Waals surface area contributed by atoms with Gasteiger partial charge in [-0.3, -0.25) is 14.7 Å². The Kier molecular flexibility index (Phi) is 8.05. The number of rotatable bonds is 4. The van der Waals surface area contributed by atoms with E-state index in [1.807, 2.05) is 6.20 Å². The predicted molar refractivity (Wildman–Crippen MR) is 168 cm³/mol. The van der Waals surface area contributed by atoms with Crippen LogP contribution in [-0.4, -0.2) is 99.6 Å². The Labute approximate surface area is 270 Å². The molecule has 0 amide bonds. The Morgan fingerprint density at radius 3 is 2.39 bits per heavy atom. The lowest BCUT2D eigenvalue weighted by molar-refractivity contribution is -0.192. The number of nitrogens with one attached hydrogen (secondary N) is 2. The molecular weight excluding hydrogens is 623 g/mol. The molecule has 5 heterocycles. The molecule has 14 heteroatoms. The van der Waals surface area contributed by atoms with Crippen molar-refractivity contribution in [2.24, 2.45) is 5.41 Å². The number of hydrogen-bond donors (Lipinski definition) is 3. The number of carboxylic acid groups (broad SMARTS) is 1. The molecule has 250 valence electrons. The lowest BCUT2D eigenvalue weighted by atomic mass is 9.61. The summed E-state index contributed by atoms with van der Waals surface area (Å²) in [7, 11) is 0. The second-order valence-electron chi connectivity index (χ2n) is 14.0. The second kappa shape index (κ2) is 11.7. The van der Waals surface area contributed by atoms with Crippen LogP contribution < -0.4 is 10.2 Å². The van der Waals surface area contributed by atoms with Crippen LogP contribution in [0.5, 0.6) is 0 Å². The van der Waals surface area contributed by atoms with Crippen molar-refractivity contribution in [3.8, 4) is 11.1 Å². The quantitative estimate of drug-likeness (QED) is 0.337. The molecule has 2 aromatic heterocycles. The Morgan fingerprint density at radius 1 is 1.11 bits per heavy atom. The molecule has 2 spiro atoms. The first kappa shape index (κ1) is 31.7. The van der Waals surface area contributed by atoms with Crippen molar-refractivity contribution < 1.29 is 27.8 Å². The first-order chi connectivity index (χ1) is 21.9. The third kappa shape index (κ3) is 5.36. The molecule has 3 saturated heterocycles. The standard InChI is InChI=1S/C30H40ClN7O.C2HF3O2/c1-19-12-24-23(15-33-34-24)26(27(19)31)25-20(2)38(22-13-29(14-22)16-32-17-29)35-28(25)37-9-8-36(18-30(37)6-3-7-30)21-4-10-39-11-5-21;3-2(4,5)1(6)7/h12,15,21-22,32H,3-11,13-14,16-18H2,1-2H3,(H,33,34);(H,6,7). The van der Waals surface area contributed by atoms with E-state index in [1.165, 1.54) is 43.4 Å². The van der Waals surface area contributed by atoms with Crippen LogP contribution >= 0.6 is 11.6 Å². The van der Waals surface area contributed by atoms with Gasteiger partial charge in [-0.15, -0.1) is 0 Å². The largest absolute Gasteiger partial charge is 0.490 e. The van der Waals surface area contributed by atoms with Crippen LogP contribution in [0.15, 0.2) is 12.3 Å². The zero-order chi connectivity index (χ0) is 32.4. The molecule has 0 atom stereocenters. The summed E-state index contributed by atoms with van der Waals surface area (Å²) in [5, 5.41) is 25.7. The van der Waals surface area contributed by atoms with Crippen LogP contribution in [-0.2, 0) is 9.53 Å². The number of ether oxygens (including phenoxy) is 1. The molecule has 10 nitrogen and oxygen atoms in total. The number of benzene rings is 1. The first-order valence-electron chi connectivity index (χ1n) is 16.2. The average Bonchev–Trinajstić information content (AvgIpc) is 3.55. The molecule has 5 aliphatic rings. The zero-order valence-corrected chi connectivity index (χ0v) is 27.0. The van der Waals surface area contributed by atoms with E-state index >= 15 is 0 Å². The van der Waals surface area contributed by atoms with Crippen molar-refractivity contribution >= 4 is 34.3 Å². The number of fused-ring (bicyclic) bond motifs is 1. The van der Waals surface area contributed by atoms with E-state index in [4.69, 9.17) is 31.3 Å². The molecule has 2 saturated carbocycles. The molecule has 3 aromatic rings. The Balaban J connectivity index is 0.000000437. The van der Waals surface area contributed by atoms with Gasteiger partial charge in [-0.2, -0.15) is 23.4 Å². The summed E-state index contributed by atoms with van der Waals surface area (Å²) < 4.78 is 39.8. The number of aryl methyl sites for hydroxylation is 1. The van der Waals surface area contributed by atoms with Crippen LogP contribution in [0.2, 0.25) is 5.02 Å². The van der Waals surface area contributed by atoms with Gasteiger partial charge in [0.25, 0.3) is 0 Å². The fourth-order valence-electron chi connectivity index (χ4n) is 8.38. The number of aromatic nitrogens is 4. The van der Waals surface area contributed by atoms with Gasteiger partial charge in [-0.05, 0) is 75.8 Å². The van der Waals surface area contributed by atoms with Crippen LogP contribution in [0.25, 0.3) is 22.0 Å². The number of anilines is 1. The first-order valence-corrected chi connectivity index (χ1v) is 16.6. The Bertz CT molecular complexity index is 1620. The molecule has 46 heavy (non-hydrogen) atoms. The molecule has 5 fully saturated rings. The second-order valence-corrected chi connectivity index (χ2v) is 14.3. The van der Waals surface area contributed by atoms with Gasteiger partial charge in [0.2, 0.25) is 0 Å². The van der Waals surface area contributed by atoms with E-state index in [9.17, 15) is 13.2 Å². The number of carbonyl (C=O) groups is 1. The fourth-order valence-corrected chi connectivity index (χ4v) is 8.63. The van der Waals surface area contributed by atoms with E-state index in [0.717, 1.165) is 91.6 Å². The Hall–Kier alpha value is -2.87. The molecule has 8 rings (SSSR count). The lowest BCUT2D eigenvalue weighted by Crippen LogP contribution is -2.67. The molecule has 0 bridgehead atoms. The number of carboxylic acids is 1. The van der Waals surface area contributed by atoms with Crippen LogP contribution in [0.3, 0.4) is 0 Å². The molecule has 1 aromatic carbocycles. The summed E-state index contributed by atoms with van der Waals surface area (Å²) in [4.78, 5) is 14.4. The van der Waals surface area contributed by atoms with Crippen LogP contribution in [0, 0.1) is 19.3 Å². The van der Waals surface area contributed by atoms with Gasteiger partial charge >= 0.3 is 12.1 Å². The van der Waals surface area contributed by atoms with Gasteiger partial charge in [0.1, 0.15) is 0 Å². The van der Waals surface area contributed by atoms with Crippen molar-refractivity contribution in [2.75, 3.05) is 50.8 Å². The number of alkyl halides is 3. The molecule has 3 aliphatic heterocycles. The summed E-state index contributed by atoms with van der Waals surface area (Å²) in [5.74, 6) is -1.62. The monoisotopic (exact) mass is 663 g/mol. The number of piperazine rings is 1. The highest BCUT2D eigenvalue weighted by molar-refractivity contribution is 6.36. The van der Waals surface area contributed by atoms with Crippen molar-refractivity contribution in [2.45, 2.75) is 82.6 Å². The number of halogens is 4. The minimum atomic E-state index is -5.08. The summed E-state index contributed by atoms with van der Waals surface area (Å²) in [6.45, 7) is 11.7. The average molecular weight is 664 g/mol. The minimum Gasteiger partial charge on any atom is -0.475 e. The minimum absolute atomic E-state index is 0.154. The predicted octanol–water partition coefficient (Wildman–Crippen LogP) is 5.48. The Morgan fingerprint density at radius 2 is 1.80 bits per heavy atom. The number of nitrogens with zero attached hydrogens (tertiary/aromatic N) is 5. The molecule has 0 radical (unpaired) electrons. The number of aliphatic carboxylic acids is 1. The molecular formula is C32H41ClF3N7O3. The van der Waals surface area contributed by atoms with E-state index in [0.29, 0.717) is 17.5 Å². The summed E-state index contributed by atoms with van der Waals surface area (Å²) in [6.07, 6.45) is 5.37. The fraction of sp³-hybridized carbons (Fsp3) is 0.656. The van der Waals surface area contributed by atoms with E-state index < -0.39 is 12.1 Å². The molecule has 0 unspecified atom stereocenters. The van der Waals surface area contributed by atoms with E-state index in [2.05, 4.69) is 49.9 Å².